The number of hydrogen-bond donors (Lipinski definition) is 2. The Morgan fingerprint density at radius 1 is 1.04 bits per heavy atom. The van der Waals surface area contributed by atoms with Crippen LogP contribution in [0.3, 0.4) is 0 Å². The Hall–Kier alpha value is -3.35. The maximum absolute atomic E-state index is 5.38. The smallest absolute Gasteiger partial charge is 0.244 e. The average Bonchev–Trinajstić information content (AvgIpc) is 3.09. The lowest BCUT2D eigenvalue weighted by Crippen LogP contribution is -2.12. The Kier molecular flexibility index (Phi) is 4.50. The van der Waals surface area contributed by atoms with Crippen LogP contribution in [0, 0.1) is 0 Å². The Morgan fingerprint density at radius 2 is 1.85 bits per heavy atom. The summed E-state index contributed by atoms with van der Waals surface area (Å²) in [6.45, 7) is 2.80. The third kappa shape index (κ3) is 3.23. The fourth-order valence-electron chi connectivity index (χ4n) is 3.12. The molecule has 4 rings (SSSR count). The Balaban J connectivity index is 1.51. The molecule has 1 unspecified atom stereocenters. The zero-order chi connectivity index (χ0) is 18.8. The molecule has 4 aromatic rings. The predicted molar refractivity (Wildman–Crippen MR) is 106 cm³/mol. The third-order valence-electron chi connectivity index (χ3n) is 4.66. The molecule has 2 aromatic carbocycles. The number of rotatable bonds is 6. The molecule has 2 aromatic heterocycles. The minimum absolute atomic E-state index is 0.229. The van der Waals surface area contributed by atoms with Crippen LogP contribution in [-0.2, 0) is 0 Å². The molecule has 7 nitrogen and oxygen atoms in total. The quantitative estimate of drug-likeness (QED) is 0.543. The normalized spacial score (nSPS) is 12.3. The molecular formula is C20H21N5O2. The molecule has 0 amide bonds. The van der Waals surface area contributed by atoms with Crippen LogP contribution in [-0.4, -0.2) is 40.9 Å². The molecule has 27 heavy (non-hydrogen) atoms. The topological polar surface area (TPSA) is 85.0 Å². The van der Waals surface area contributed by atoms with Gasteiger partial charge in [0, 0.05) is 17.4 Å². The first kappa shape index (κ1) is 17.1. The molecule has 0 spiro atoms. The summed E-state index contributed by atoms with van der Waals surface area (Å²) in [6.07, 6.45) is 0. The molecule has 0 bridgehead atoms. The van der Waals surface area contributed by atoms with Crippen LogP contribution < -0.4 is 14.8 Å². The minimum atomic E-state index is 0.229. The van der Waals surface area contributed by atoms with E-state index in [0.29, 0.717) is 12.5 Å². The summed E-state index contributed by atoms with van der Waals surface area (Å²) < 4.78 is 10.7. The van der Waals surface area contributed by atoms with Crippen LogP contribution in [0.5, 0.6) is 11.5 Å². The van der Waals surface area contributed by atoms with Crippen molar-refractivity contribution in [2.75, 3.05) is 26.1 Å². The molecule has 0 aliphatic carbocycles. The lowest BCUT2D eigenvalue weighted by Gasteiger charge is -2.15. The van der Waals surface area contributed by atoms with Crippen molar-refractivity contribution in [3.63, 3.8) is 0 Å². The van der Waals surface area contributed by atoms with Crippen LogP contribution in [0.25, 0.3) is 22.1 Å². The summed E-state index contributed by atoms with van der Waals surface area (Å²) in [6, 6.07) is 13.9. The van der Waals surface area contributed by atoms with Gasteiger partial charge in [-0.2, -0.15) is 4.98 Å². The molecule has 0 aliphatic heterocycles. The van der Waals surface area contributed by atoms with Crippen LogP contribution in [0.15, 0.2) is 42.5 Å². The van der Waals surface area contributed by atoms with Crippen molar-refractivity contribution < 1.29 is 9.47 Å². The molecule has 1 atom stereocenters. The van der Waals surface area contributed by atoms with Gasteiger partial charge in [-0.15, -0.1) is 10.2 Å². The van der Waals surface area contributed by atoms with E-state index >= 15 is 0 Å². The Morgan fingerprint density at radius 3 is 2.67 bits per heavy atom. The van der Waals surface area contributed by atoms with Gasteiger partial charge in [0.25, 0.3) is 0 Å². The van der Waals surface area contributed by atoms with E-state index in [-0.39, 0.29) is 5.92 Å². The van der Waals surface area contributed by atoms with Gasteiger partial charge in [-0.3, -0.25) is 0 Å². The summed E-state index contributed by atoms with van der Waals surface area (Å²) in [5.41, 5.74) is 3.65. The molecule has 0 fully saturated rings. The zero-order valence-corrected chi connectivity index (χ0v) is 15.5. The van der Waals surface area contributed by atoms with Crippen molar-refractivity contribution in [1.29, 1.82) is 0 Å². The zero-order valence-electron chi connectivity index (χ0n) is 15.5. The number of fused-ring (bicyclic) bond motifs is 3. The lowest BCUT2D eigenvalue weighted by molar-refractivity contribution is 0.354. The molecule has 7 heteroatoms. The molecule has 0 saturated carbocycles. The lowest BCUT2D eigenvalue weighted by atomic mass is 10.0. The van der Waals surface area contributed by atoms with Gasteiger partial charge in [-0.25, -0.2) is 0 Å². The van der Waals surface area contributed by atoms with Crippen molar-refractivity contribution in [2.45, 2.75) is 12.8 Å². The van der Waals surface area contributed by atoms with E-state index in [2.05, 4.69) is 32.4 Å². The highest BCUT2D eigenvalue weighted by molar-refractivity contribution is 6.03. The fourth-order valence-corrected chi connectivity index (χ4v) is 3.12. The highest BCUT2D eigenvalue weighted by atomic mass is 16.5. The monoisotopic (exact) mass is 363 g/mol. The van der Waals surface area contributed by atoms with Crippen LogP contribution in [0.2, 0.25) is 0 Å². The minimum Gasteiger partial charge on any atom is -0.493 e. The largest absolute Gasteiger partial charge is 0.493 e. The van der Waals surface area contributed by atoms with Crippen molar-refractivity contribution in [1.82, 2.24) is 20.2 Å². The summed E-state index contributed by atoms with van der Waals surface area (Å²) in [5.74, 6) is 2.17. The van der Waals surface area contributed by atoms with E-state index in [1.165, 1.54) is 0 Å². The van der Waals surface area contributed by atoms with E-state index in [4.69, 9.17) is 9.47 Å². The second-order valence-electron chi connectivity index (χ2n) is 6.40. The predicted octanol–water partition coefficient (Wildman–Crippen LogP) is 3.74. The second-order valence-corrected chi connectivity index (χ2v) is 6.40. The molecule has 2 N–H and O–H groups in total. The number of nitrogens with one attached hydrogen (secondary N) is 2. The maximum Gasteiger partial charge on any atom is 0.244 e. The number of nitrogens with zero attached hydrogens (tertiary/aromatic N) is 3. The number of para-hydroxylation sites is 1. The van der Waals surface area contributed by atoms with Crippen LogP contribution >= 0.6 is 0 Å². The van der Waals surface area contributed by atoms with Gasteiger partial charge in [-0.1, -0.05) is 31.2 Å². The van der Waals surface area contributed by atoms with Gasteiger partial charge < -0.3 is 19.8 Å². The molecule has 2 heterocycles. The van der Waals surface area contributed by atoms with E-state index in [1.807, 2.05) is 42.5 Å². The first-order valence-electron chi connectivity index (χ1n) is 8.76. The number of H-pyrrole nitrogens is 1. The van der Waals surface area contributed by atoms with E-state index < -0.39 is 0 Å². The van der Waals surface area contributed by atoms with Crippen molar-refractivity contribution >= 4 is 28.0 Å². The van der Waals surface area contributed by atoms with Gasteiger partial charge in [0.05, 0.1) is 14.2 Å². The van der Waals surface area contributed by atoms with Gasteiger partial charge in [0.15, 0.2) is 17.1 Å². The summed E-state index contributed by atoms with van der Waals surface area (Å²) in [4.78, 5) is 7.84. The van der Waals surface area contributed by atoms with Gasteiger partial charge >= 0.3 is 0 Å². The molecule has 0 aliphatic rings. The van der Waals surface area contributed by atoms with Crippen LogP contribution in [0.1, 0.15) is 18.4 Å². The summed E-state index contributed by atoms with van der Waals surface area (Å²) in [7, 11) is 3.27. The highest BCUT2D eigenvalue weighted by Crippen LogP contribution is 2.30. The fraction of sp³-hybridized carbons (Fsp3) is 0.250. The number of ether oxygens (including phenoxy) is 2. The van der Waals surface area contributed by atoms with E-state index in [1.54, 1.807) is 14.2 Å². The average molecular weight is 363 g/mol. The molecule has 138 valence electrons. The first-order chi connectivity index (χ1) is 13.2. The van der Waals surface area contributed by atoms with Gasteiger partial charge in [-0.05, 0) is 29.7 Å². The van der Waals surface area contributed by atoms with Crippen molar-refractivity contribution in [2.24, 2.45) is 0 Å². The maximum atomic E-state index is 5.38. The Bertz CT molecular complexity index is 1090. The van der Waals surface area contributed by atoms with Crippen molar-refractivity contribution in [3.8, 4) is 11.5 Å². The van der Waals surface area contributed by atoms with Crippen LogP contribution in [0.4, 0.5) is 5.95 Å². The standard InChI is InChI=1S/C20H21N5O2/c1-12(13-8-9-16(26-2)17(10-13)27-3)11-21-20-23-19-18(24-25-20)14-6-4-5-7-15(14)22-19/h4-10,12H,11H2,1-3H3,(H2,21,22,23,25). The molecule has 0 radical (unpaired) electrons. The summed E-state index contributed by atoms with van der Waals surface area (Å²) in [5, 5.41) is 12.8. The van der Waals surface area contributed by atoms with E-state index in [0.717, 1.165) is 39.1 Å². The number of benzene rings is 2. The van der Waals surface area contributed by atoms with Crippen molar-refractivity contribution in [3.05, 3.63) is 48.0 Å². The highest BCUT2D eigenvalue weighted by Gasteiger charge is 2.12. The Labute approximate surface area is 156 Å². The number of methoxy groups -OCH3 is 2. The first-order valence-corrected chi connectivity index (χ1v) is 8.76. The number of aromatic nitrogens is 4. The SMILES string of the molecule is COc1ccc(C(C)CNc2nnc3c(n2)[nH]c2ccccc23)cc1OC. The molecular weight excluding hydrogens is 342 g/mol. The molecule has 0 saturated heterocycles. The third-order valence-corrected chi connectivity index (χ3v) is 4.66. The second kappa shape index (κ2) is 7.11. The summed E-state index contributed by atoms with van der Waals surface area (Å²) >= 11 is 0. The number of hydrogen-bond acceptors (Lipinski definition) is 6. The van der Waals surface area contributed by atoms with E-state index in [9.17, 15) is 0 Å². The van der Waals surface area contributed by atoms with Gasteiger partial charge in [0.2, 0.25) is 5.95 Å². The number of anilines is 1. The van der Waals surface area contributed by atoms with Gasteiger partial charge in [0.1, 0.15) is 5.52 Å². The number of aromatic amines is 1.